The molecule has 0 fully saturated rings. The molecule has 0 aliphatic rings. The van der Waals surface area contributed by atoms with Crippen molar-refractivity contribution in [3.8, 4) is 0 Å². The summed E-state index contributed by atoms with van der Waals surface area (Å²) in [6.45, 7) is 2.03. The Balaban J connectivity index is 2.11. The molecule has 1 aromatic carbocycles. The van der Waals surface area contributed by atoms with E-state index in [1.54, 1.807) is 23.1 Å². The number of aromatic nitrogens is 2. The van der Waals surface area contributed by atoms with E-state index in [9.17, 15) is 0 Å². The maximum Gasteiger partial charge on any atom is 0.179 e. The summed E-state index contributed by atoms with van der Waals surface area (Å²) in [5.41, 5.74) is 0.924. The number of aliphatic hydroxyl groups excluding tert-OH is 1. The fourth-order valence-electron chi connectivity index (χ4n) is 1.08. The van der Waals surface area contributed by atoms with Gasteiger partial charge in [-0.2, -0.15) is 0 Å². The molecule has 5 heteroatoms. The Morgan fingerprint density at radius 3 is 2.53 bits per heavy atom. The van der Waals surface area contributed by atoms with Crippen molar-refractivity contribution in [1.29, 1.82) is 0 Å². The van der Waals surface area contributed by atoms with Gasteiger partial charge in [0, 0.05) is 4.90 Å². The normalized spacial score (nSPS) is 10.5. The van der Waals surface area contributed by atoms with Gasteiger partial charge in [-0.05, 0) is 24.6 Å². The molecule has 0 spiro atoms. The van der Waals surface area contributed by atoms with Crippen LogP contribution >= 0.6 is 23.1 Å². The largest absolute Gasteiger partial charge is 0.392 e. The smallest absolute Gasteiger partial charge is 0.179 e. The maximum atomic E-state index is 8.89. The predicted molar refractivity (Wildman–Crippen MR) is 61.1 cm³/mol. The van der Waals surface area contributed by atoms with Crippen LogP contribution in [0.25, 0.3) is 0 Å². The van der Waals surface area contributed by atoms with E-state index in [1.165, 1.54) is 0 Å². The predicted octanol–water partition coefficient (Wildman–Crippen LogP) is 2.49. The van der Waals surface area contributed by atoms with Crippen molar-refractivity contribution in [3.63, 3.8) is 0 Å². The Kier molecular flexibility index (Phi) is 3.35. The third kappa shape index (κ3) is 2.77. The third-order valence-corrected chi connectivity index (χ3v) is 3.72. The lowest BCUT2D eigenvalue weighted by atomic mass is 10.2. The summed E-state index contributed by atoms with van der Waals surface area (Å²) < 4.78 is 0.948. The average molecular weight is 238 g/mol. The zero-order valence-corrected chi connectivity index (χ0v) is 9.81. The van der Waals surface area contributed by atoms with Gasteiger partial charge < -0.3 is 5.11 Å². The van der Waals surface area contributed by atoms with Crippen LogP contribution in [0.3, 0.4) is 0 Å². The Labute approximate surface area is 96.2 Å². The molecular weight excluding hydrogens is 228 g/mol. The number of aliphatic hydroxyl groups is 1. The lowest BCUT2D eigenvalue weighted by Gasteiger charge is -1.98. The molecule has 0 atom stereocenters. The zero-order chi connectivity index (χ0) is 10.7. The summed E-state index contributed by atoms with van der Waals surface area (Å²) in [4.78, 5) is 1.11. The summed E-state index contributed by atoms with van der Waals surface area (Å²) in [5, 5.41) is 17.9. The molecule has 0 aliphatic heterocycles. The fraction of sp³-hybridized carbons (Fsp3) is 0.200. The summed E-state index contributed by atoms with van der Waals surface area (Å²) >= 11 is 3.17. The SMILES string of the molecule is Cc1nnc(Sc2ccc(CO)cc2)s1. The number of hydrogen-bond acceptors (Lipinski definition) is 5. The van der Waals surface area contributed by atoms with Gasteiger partial charge >= 0.3 is 0 Å². The van der Waals surface area contributed by atoms with Gasteiger partial charge in [-0.3, -0.25) is 0 Å². The Hall–Kier alpha value is -0.910. The first kappa shape index (κ1) is 10.6. The molecular formula is C10H10N2OS2. The number of rotatable bonds is 3. The highest BCUT2D eigenvalue weighted by Gasteiger charge is 2.02. The summed E-state index contributed by atoms with van der Waals surface area (Å²) in [6, 6.07) is 7.78. The van der Waals surface area contributed by atoms with Crippen LogP contribution in [0.15, 0.2) is 33.5 Å². The summed E-state index contributed by atoms with van der Waals surface area (Å²) in [7, 11) is 0. The number of benzene rings is 1. The van der Waals surface area contributed by atoms with Crippen molar-refractivity contribution in [2.24, 2.45) is 0 Å². The van der Waals surface area contributed by atoms with E-state index in [2.05, 4.69) is 10.2 Å². The second kappa shape index (κ2) is 4.74. The van der Waals surface area contributed by atoms with Crippen LogP contribution < -0.4 is 0 Å². The van der Waals surface area contributed by atoms with Gasteiger partial charge in [0.25, 0.3) is 0 Å². The fourth-order valence-corrected chi connectivity index (χ4v) is 2.87. The number of nitrogens with zero attached hydrogens (tertiary/aromatic N) is 2. The molecule has 0 radical (unpaired) electrons. The molecule has 1 heterocycles. The van der Waals surface area contributed by atoms with Crippen LogP contribution in [0, 0.1) is 6.92 Å². The van der Waals surface area contributed by atoms with E-state index in [-0.39, 0.29) is 6.61 Å². The van der Waals surface area contributed by atoms with E-state index >= 15 is 0 Å². The minimum atomic E-state index is 0.0862. The molecule has 0 saturated carbocycles. The molecule has 0 saturated heterocycles. The van der Waals surface area contributed by atoms with Crippen molar-refractivity contribution in [2.45, 2.75) is 22.8 Å². The first-order valence-corrected chi connectivity index (χ1v) is 6.09. The lowest BCUT2D eigenvalue weighted by Crippen LogP contribution is -1.81. The molecule has 1 N–H and O–H groups in total. The first-order chi connectivity index (χ1) is 7.28. The molecule has 78 valence electrons. The second-order valence-corrected chi connectivity index (χ2v) is 5.49. The van der Waals surface area contributed by atoms with Crippen LogP contribution in [0.1, 0.15) is 10.6 Å². The van der Waals surface area contributed by atoms with Crippen LogP contribution in [-0.4, -0.2) is 15.3 Å². The van der Waals surface area contributed by atoms with Gasteiger partial charge in [0.15, 0.2) is 4.34 Å². The van der Waals surface area contributed by atoms with Crippen LogP contribution in [0.2, 0.25) is 0 Å². The highest BCUT2D eigenvalue weighted by molar-refractivity contribution is 8.01. The maximum absolute atomic E-state index is 8.89. The Bertz CT molecular complexity index is 439. The van der Waals surface area contributed by atoms with E-state index in [0.29, 0.717) is 0 Å². The molecule has 0 bridgehead atoms. The Morgan fingerprint density at radius 2 is 2.00 bits per heavy atom. The van der Waals surface area contributed by atoms with Crippen LogP contribution in [0.5, 0.6) is 0 Å². The third-order valence-electron chi connectivity index (χ3n) is 1.82. The van der Waals surface area contributed by atoms with Gasteiger partial charge in [0.1, 0.15) is 5.01 Å². The van der Waals surface area contributed by atoms with Crippen molar-refractivity contribution < 1.29 is 5.11 Å². The van der Waals surface area contributed by atoms with E-state index in [4.69, 9.17) is 5.11 Å². The lowest BCUT2D eigenvalue weighted by molar-refractivity contribution is 0.282. The van der Waals surface area contributed by atoms with Gasteiger partial charge in [-0.25, -0.2) is 0 Å². The van der Waals surface area contributed by atoms with Gasteiger partial charge in [-0.1, -0.05) is 35.2 Å². The number of hydrogen-bond donors (Lipinski definition) is 1. The van der Waals surface area contributed by atoms with Crippen LogP contribution in [0.4, 0.5) is 0 Å². The molecule has 1 aromatic heterocycles. The van der Waals surface area contributed by atoms with Crippen LogP contribution in [-0.2, 0) is 6.61 Å². The second-order valence-electron chi connectivity index (χ2n) is 2.99. The minimum Gasteiger partial charge on any atom is -0.392 e. The van der Waals surface area contributed by atoms with Crippen molar-refractivity contribution in [1.82, 2.24) is 10.2 Å². The molecule has 0 amide bonds. The van der Waals surface area contributed by atoms with Crippen molar-refractivity contribution in [2.75, 3.05) is 0 Å². The van der Waals surface area contributed by atoms with E-state index in [0.717, 1.165) is 19.8 Å². The monoisotopic (exact) mass is 238 g/mol. The summed E-state index contributed by atoms with van der Waals surface area (Å²) in [6.07, 6.45) is 0. The molecule has 3 nitrogen and oxygen atoms in total. The molecule has 2 aromatic rings. The number of aryl methyl sites for hydroxylation is 1. The van der Waals surface area contributed by atoms with E-state index < -0.39 is 0 Å². The topological polar surface area (TPSA) is 46.0 Å². The van der Waals surface area contributed by atoms with Gasteiger partial charge in [0.2, 0.25) is 0 Å². The molecule has 0 unspecified atom stereocenters. The highest BCUT2D eigenvalue weighted by atomic mass is 32.2. The summed E-state index contributed by atoms with van der Waals surface area (Å²) in [5.74, 6) is 0. The first-order valence-electron chi connectivity index (χ1n) is 4.45. The minimum absolute atomic E-state index is 0.0862. The molecule has 15 heavy (non-hydrogen) atoms. The highest BCUT2D eigenvalue weighted by Crippen LogP contribution is 2.29. The zero-order valence-electron chi connectivity index (χ0n) is 8.17. The quantitative estimate of drug-likeness (QED) is 0.892. The van der Waals surface area contributed by atoms with Crippen molar-refractivity contribution in [3.05, 3.63) is 34.8 Å². The Morgan fingerprint density at radius 1 is 1.27 bits per heavy atom. The van der Waals surface area contributed by atoms with E-state index in [1.807, 2.05) is 31.2 Å². The molecule has 2 rings (SSSR count). The van der Waals surface area contributed by atoms with Gasteiger partial charge in [-0.15, -0.1) is 10.2 Å². The average Bonchev–Trinajstić information content (AvgIpc) is 2.65. The molecule has 0 aliphatic carbocycles. The van der Waals surface area contributed by atoms with Gasteiger partial charge in [0.05, 0.1) is 6.61 Å². The standard InChI is InChI=1S/C10H10N2OS2/c1-7-11-12-10(14-7)15-9-4-2-8(6-13)3-5-9/h2-5,13H,6H2,1H3. The van der Waals surface area contributed by atoms with Crippen molar-refractivity contribution >= 4 is 23.1 Å².